The summed E-state index contributed by atoms with van der Waals surface area (Å²) in [5, 5.41) is 30.3. The van der Waals surface area contributed by atoms with Crippen LogP contribution in [0.2, 0.25) is 0 Å². The van der Waals surface area contributed by atoms with Gasteiger partial charge in [0.05, 0.1) is 24.5 Å². The summed E-state index contributed by atoms with van der Waals surface area (Å²) in [6, 6.07) is 1.77. The molecule has 1 saturated heterocycles. The molecule has 5 N–H and O–H groups in total. The van der Waals surface area contributed by atoms with Crippen LogP contribution in [0.4, 0.5) is 5.82 Å². The lowest BCUT2D eigenvalue weighted by molar-refractivity contribution is -0.0508. The number of aryl methyl sites for hydroxylation is 1. The highest BCUT2D eigenvalue weighted by atomic mass is 16.6. The molecule has 0 saturated carbocycles. The first-order chi connectivity index (χ1) is 12.0. The van der Waals surface area contributed by atoms with Gasteiger partial charge in [-0.2, -0.15) is 0 Å². The smallest absolute Gasteiger partial charge is 0.164 e. The lowest BCUT2D eigenvalue weighted by Crippen LogP contribution is -2.33. The number of hydrogen-bond donors (Lipinski definition) is 4. The third kappa shape index (κ3) is 2.40. The van der Waals surface area contributed by atoms with E-state index in [-0.39, 0.29) is 0 Å². The van der Waals surface area contributed by atoms with E-state index in [1.807, 2.05) is 0 Å². The van der Waals surface area contributed by atoms with Gasteiger partial charge in [-0.3, -0.25) is 0 Å². The average molecular weight is 346 g/mol. The zero-order valence-corrected chi connectivity index (χ0v) is 13.4. The third-order valence-electron chi connectivity index (χ3n) is 4.44. The minimum Gasteiger partial charge on any atom is -0.472 e. The minimum absolute atomic E-state index is 0.296. The van der Waals surface area contributed by atoms with Crippen LogP contribution in [-0.4, -0.2) is 54.8 Å². The fraction of sp³-hybridized carbons (Fsp3) is 0.375. The van der Waals surface area contributed by atoms with E-state index in [0.29, 0.717) is 22.7 Å². The predicted octanol–water partition coefficient (Wildman–Crippen LogP) is 0.193. The van der Waals surface area contributed by atoms with Crippen LogP contribution in [0.5, 0.6) is 0 Å². The molecule has 1 aliphatic rings. The Kier molecular flexibility index (Phi) is 3.73. The third-order valence-corrected chi connectivity index (χ3v) is 4.44. The van der Waals surface area contributed by atoms with Crippen LogP contribution in [0.25, 0.3) is 22.2 Å². The lowest BCUT2D eigenvalue weighted by Gasteiger charge is -2.17. The van der Waals surface area contributed by atoms with Crippen molar-refractivity contribution in [1.29, 1.82) is 0 Å². The monoisotopic (exact) mass is 346 g/mol. The van der Waals surface area contributed by atoms with Crippen molar-refractivity contribution in [3.05, 3.63) is 30.6 Å². The lowest BCUT2D eigenvalue weighted by atomic mass is 10.1. The highest BCUT2D eigenvalue weighted by Gasteiger charge is 2.44. The van der Waals surface area contributed by atoms with Crippen molar-refractivity contribution in [3.8, 4) is 11.1 Å². The Hall–Kier alpha value is -2.46. The van der Waals surface area contributed by atoms with Gasteiger partial charge in [-0.25, -0.2) is 9.97 Å². The van der Waals surface area contributed by atoms with Crippen molar-refractivity contribution >= 4 is 16.9 Å². The zero-order valence-electron chi connectivity index (χ0n) is 13.4. The van der Waals surface area contributed by atoms with Crippen LogP contribution in [-0.2, 0) is 4.74 Å². The molecule has 0 amide bonds. The molecule has 0 spiro atoms. The van der Waals surface area contributed by atoms with Crippen LogP contribution in [0.3, 0.4) is 0 Å². The Morgan fingerprint density at radius 2 is 2.08 bits per heavy atom. The van der Waals surface area contributed by atoms with Gasteiger partial charge in [-0.05, 0) is 13.0 Å². The van der Waals surface area contributed by atoms with Gasteiger partial charge in [-0.15, -0.1) is 0 Å². The molecule has 1 fully saturated rings. The zero-order chi connectivity index (χ0) is 17.7. The van der Waals surface area contributed by atoms with Crippen LogP contribution in [0.15, 0.2) is 29.2 Å². The van der Waals surface area contributed by atoms with E-state index in [2.05, 4.69) is 9.97 Å². The second-order valence-corrected chi connectivity index (χ2v) is 6.05. The normalized spacial score (nSPS) is 26.6. The summed E-state index contributed by atoms with van der Waals surface area (Å²) in [4.78, 5) is 8.64. The average Bonchev–Trinajstić information content (AvgIpc) is 3.27. The number of rotatable bonds is 3. The van der Waals surface area contributed by atoms with E-state index in [4.69, 9.17) is 14.9 Å². The SMILES string of the molecule is Cc1nc(N)c2c(-c3ccoc3)cn([C@@H]3O[C@H](CO)[C@@H](O)[C@H]3O)c2n1. The standard InChI is InChI=1S/C16H18N4O5/c1-7-18-14(17)11-9(8-2-3-24-6-8)4-20(15(11)19-7)16-13(23)12(22)10(5-21)25-16/h2-4,6,10,12-13,16,21-23H,5H2,1H3,(H2,17,18,19)/t10-,12-,13-,16-/m1/s1. The van der Waals surface area contributed by atoms with Gasteiger partial charge in [0.2, 0.25) is 0 Å². The number of aromatic nitrogens is 3. The molecule has 0 unspecified atom stereocenters. The number of ether oxygens (including phenoxy) is 1. The first-order valence-corrected chi connectivity index (χ1v) is 7.81. The predicted molar refractivity (Wildman–Crippen MR) is 87.4 cm³/mol. The molecule has 0 aliphatic carbocycles. The molecule has 9 heteroatoms. The van der Waals surface area contributed by atoms with Crippen molar-refractivity contribution in [2.75, 3.05) is 12.3 Å². The molecule has 132 valence electrons. The number of hydrogen-bond acceptors (Lipinski definition) is 8. The van der Waals surface area contributed by atoms with Gasteiger partial charge in [0.1, 0.15) is 35.6 Å². The Morgan fingerprint density at radius 3 is 2.72 bits per heavy atom. The Bertz CT molecular complexity index is 907. The summed E-state index contributed by atoms with van der Waals surface area (Å²) in [6.07, 6.45) is 0.609. The van der Waals surface area contributed by atoms with Crippen LogP contribution in [0, 0.1) is 6.92 Å². The largest absolute Gasteiger partial charge is 0.472 e. The summed E-state index contributed by atoms with van der Waals surface area (Å²) >= 11 is 0. The van der Waals surface area contributed by atoms with Crippen molar-refractivity contribution in [1.82, 2.24) is 14.5 Å². The number of fused-ring (bicyclic) bond motifs is 1. The van der Waals surface area contributed by atoms with Gasteiger partial charge in [-0.1, -0.05) is 0 Å². The summed E-state index contributed by atoms with van der Waals surface area (Å²) in [5.74, 6) is 0.763. The van der Waals surface area contributed by atoms with E-state index in [0.717, 1.165) is 11.1 Å². The molecule has 3 aromatic rings. The maximum absolute atomic E-state index is 10.4. The van der Waals surface area contributed by atoms with Gasteiger partial charge in [0.25, 0.3) is 0 Å². The topological polar surface area (TPSA) is 140 Å². The molecule has 4 heterocycles. The Morgan fingerprint density at radius 1 is 1.28 bits per heavy atom. The maximum atomic E-state index is 10.4. The van der Waals surface area contributed by atoms with E-state index in [9.17, 15) is 15.3 Å². The fourth-order valence-corrected chi connectivity index (χ4v) is 3.23. The van der Waals surface area contributed by atoms with Crippen molar-refractivity contribution in [3.63, 3.8) is 0 Å². The maximum Gasteiger partial charge on any atom is 0.164 e. The van der Waals surface area contributed by atoms with E-state index < -0.39 is 31.1 Å². The number of nitrogens with two attached hydrogens (primary N) is 1. The van der Waals surface area contributed by atoms with Gasteiger partial charge in [0, 0.05) is 17.3 Å². The quantitative estimate of drug-likeness (QED) is 0.527. The second kappa shape index (κ2) is 5.81. The first kappa shape index (κ1) is 16.0. The van der Waals surface area contributed by atoms with E-state index in [1.54, 1.807) is 30.0 Å². The molecular weight excluding hydrogens is 328 g/mol. The molecule has 3 aromatic heterocycles. The van der Waals surface area contributed by atoms with Crippen molar-refractivity contribution in [2.45, 2.75) is 31.5 Å². The van der Waals surface area contributed by atoms with E-state index >= 15 is 0 Å². The fourth-order valence-electron chi connectivity index (χ4n) is 3.23. The Labute approximate surface area is 142 Å². The number of anilines is 1. The number of nitrogens with zero attached hydrogens (tertiary/aromatic N) is 3. The molecule has 0 aromatic carbocycles. The van der Waals surface area contributed by atoms with E-state index in [1.165, 1.54) is 6.26 Å². The summed E-state index contributed by atoms with van der Waals surface area (Å²) < 4.78 is 12.4. The highest BCUT2D eigenvalue weighted by Crippen LogP contribution is 2.38. The molecular formula is C16H18N4O5. The molecule has 4 rings (SSSR count). The van der Waals surface area contributed by atoms with Crippen molar-refractivity contribution in [2.24, 2.45) is 0 Å². The number of nitrogen functional groups attached to an aromatic ring is 1. The molecule has 0 radical (unpaired) electrons. The first-order valence-electron chi connectivity index (χ1n) is 7.81. The summed E-state index contributed by atoms with van der Waals surface area (Å²) in [7, 11) is 0. The summed E-state index contributed by atoms with van der Waals surface area (Å²) in [6.45, 7) is 1.31. The van der Waals surface area contributed by atoms with Crippen LogP contribution >= 0.6 is 0 Å². The van der Waals surface area contributed by atoms with Crippen LogP contribution in [0.1, 0.15) is 12.1 Å². The van der Waals surface area contributed by atoms with Gasteiger partial charge in [0.15, 0.2) is 6.23 Å². The van der Waals surface area contributed by atoms with Crippen molar-refractivity contribution < 1.29 is 24.5 Å². The molecule has 0 bridgehead atoms. The highest BCUT2D eigenvalue weighted by molar-refractivity contribution is 6.00. The molecule has 25 heavy (non-hydrogen) atoms. The molecule has 9 nitrogen and oxygen atoms in total. The van der Waals surface area contributed by atoms with Gasteiger partial charge < -0.3 is 34.8 Å². The Balaban J connectivity index is 1.93. The van der Waals surface area contributed by atoms with Gasteiger partial charge >= 0.3 is 0 Å². The molecule has 4 atom stereocenters. The number of aliphatic hydroxyl groups is 3. The number of furan rings is 1. The number of aliphatic hydroxyl groups excluding tert-OH is 3. The second-order valence-electron chi connectivity index (χ2n) is 6.05. The molecule has 1 aliphatic heterocycles. The van der Waals surface area contributed by atoms with Crippen LogP contribution < -0.4 is 5.73 Å². The summed E-state index contributed by atoms with van der Waals surface area (Å²) in [5.41, 5.74) is 8.07. The minimum atomic E-state index is -1.22.